The highest BCUT2D eigenvalue weighted by atomic mass is 35.5. The number of phenols is 1. The molecular weight excluding hydrogens is 282 g/mol. The van der Waals surface area contributed by atoms with Gasteiger partial charge in [0, 0.05) is 12.4 Å². The average Bonchev–Trinajstić information content (AvgIpc) is 2.74. The first kappa shape index (κ1) is 14.5. The van der Waals surface area contributed by atoms with Crippen molar-refractivity contribution < 1.29 is 9.90 Å². The molecule has 1 aliphatic rings. The molecule has 2 rings (SSSR count). The maximum Gasteiger partial charge on any atom is 0.233 e. The Hall–Kier alpha value is -0.870. The summed E-state index contributed by atoms with van der Waals surface area (Å²) in [4.78, 5) is 13.8. The van der Waals surface area contributed by atoms with Crippen LogP contribution in [0.4, 0.5) is 0 Å². The van der Waals surface area contributed by atoms with Crippen molar-refractivity contribution in [3.8, 4) is 5.75 Å². The van der Waals surface area contributed by atoms with E-state index in [4.69, 9.17) is 11.6 Å². The number of rotatable bonds is 4. The van der Waals surface area contributed by atoms with Crippen molar-refractivity contribution in [2.24, 2.45) is 0 Å². The van der Waals surface area contributed by atoms with Crippen LogP contribution in [0, 0.1) is 13.8 Å². The predicted molar refractivity (Wildman–Crippen MR) is 79.8 cm³/mol. The van der Waals surface area contributed by atoms with E-state index < -0.39 is 0 Å². The molecule has 0 spiro atoms. The second-order valence-electron chi connectivity index (χ2n) is 4.80. The van der Waals surface area contributed by atoms with Crippen LogP contribution < -0.4 is 0 Å². The quantitative estimate of drug-likeness (QED) is 0.868. The Morgan fingerprint density at radius 2 is 2.05 bits per heavy atom. The minimum atomic E-state index is 0.0497. The number of carbonyl (C=O) groups excluding carboxylic acids is 1. The zero-order valence-corrected chi connectivity index (χ0v) is 12.7. The fourth-order valence-electron chi connectivity index (χ4n) is 2.33. The molecule has 1 amide bonds. The standard InChI is InChI=1S/C14H18ClNO2S/c1-9-6-11(7-10(2)13(9)18)14-16(5-3-4-15)12(17)8-19-14/h6-7,14,18H,3-5,8H2,1-2H3. The van der Waals surface area contributed by atoms with Crippen LogP contribution in [-0.4, -0.2) is 34.1 Å². The van der Waals surface area contributed by atoms with E-state index in [0.717, 1.165) is 23.1 Å². The molecule has 5 heteroatoms. The summed E-state index contributed by atoms with van der Waals surface area (Å²) in [7, 11) is 0. The summed E-state index contributed by atoms with van der Waals surface area (Å²) in [6.07, 6.45) is 0.806. The molecule has 0 radical (unpaired) electrons. The molecule has 0 bridgehead atoms. The fraction of sp³-hybridized carbons (Fsp3) is 0.500. The van der Waals surface area contributed by atoms with Gasteiger partial charge in [0.25, 0.3) is 0 Å². The molecule has 0 aromatic heterocycles. The fourth-order valence-corrected chi connectivity index (χ4v) is 3.65. The number of alkyl halides is 1. The number of aryl methyl sites for hydroxylation is 2. The van der Waals surface area contributed by atoms with Crippen molar-refractivity contribution in [2.75, 3.05) is 18.2 Å². The van der Waals surface area contributed by atoms with Crippen LogP contribution in [0.2, 0.25) is 0 Å². The summed E-state index contributed by atoms with van der Waals surface area (Å²) in [5, 5.41) is 9.88. The lowest BCUT2D eigenvalue weighted by atomic mass is 10.1. The molecule has 19 heavy (non-hydrogen) atoms. The van der Waals surface area contributed by atoms with Gasteiger partial charge < -0.3 is 10.0 Å². The van der Waals surface area contributed by atoms with E-state index >= 15 is 0 Å². The first-order valence-electron chi connectivity index (χ1n) is 6.31. The minimum Gasteiger partial charge on any atom is -0.507 e. The van der Waals surface area contributed by atoms with Crippen molar-refractivity contribution in [3.05, 3.63) is 28.8 Å². The van der Waals surface area contributed by atoms with E-state index in [1.54, 1.807) is 11.8 Å². The summed E-state index contributed by atoms with van der Waals surface area (Å²) in [6, 6.07) is 3.93. The van der Waals surface area contributed by atoms with Crippen molar-refractivity contribution in [1.29, 1.82) is 0 Å². The summed E-state index contributed by atoms with van der Waals surface area (Å²) in [5.41, 5.74) is 2.79. The summed E-state index contributed by atoms with van der Waals surface area (Å²) in [5.74, 6) is 1.59. The third kappa shape index (κ3) is 3.00. The van der Waals surface area contributed by atoms with Crippen molar-refractivity contribution in [1.82, 2.24) is 4.90 Å². The number of aromatic hydroxyl groups is 1. The zero-order chi connectivity index (χ0) is 14.0. The Labute approximate surface area is 122 Å². The highest BCUT2D eigenvalue weighted by Gasteiger charge is 2.32. The molecule has 1 saturated heterocycles. The zero-order valence-electron chi connectivity index (χ0n) is 11.1. The second-order valence-corrected chi connectivity index (χ2v) is 6.24. The Bertz CT molecular complexity index is 469. The number of thioether (sulfide) groups is 1. The van der Waals surface area contributed by atoms with E-state index in [2.05, 4.69) is 0 Å². The number of hydrogen-bond acceptors (Lipinski definition) is 3. The van der Waals surface area contributed by atoms with E-state index in [1.165, 1.54) is 0 Å². The molecule has 3 nitrogen and oxygen atoms in total. The third-order valence-electron chi connectivity index (χ3n) is 3.30. The second kappa shape index (κ2) is 6.06. The number of nitrogens with zero attached hydrogens (tertiary/aromatic N) is 1. The van der Waals surface area contributed by atoms with Crippen LogP contribution in [0.25, 0.3) is 0 Å². The van der Waals surface area contributed by atoms with Crippen molar-refractivity contribution in [2.45, 2.75) is 25.6 Å². The Balaban J connectivity index is 2.27. The number of carbonyl (C=O) groups is 1. The van der Waals surface area contributed by atoms with Gasteiger partial charge >= 0.3 is 0 Å². The van der Waals surface area contributed by atoms with E-state index in [0.29, 0.717) is 23.9 Å². The van der Waals surface area contributed by atoms with E-state index in [-0.39, 0.29) is 11.3 Å². The van der Waals surface area contributed by atoms with Crippen molar-refractivity contribution >= 4 is 29.3 Å². The van der Waals surface area contributed by atoms with Crippen LogP contribution in [0.15, 0.2) is 12.1 Å². The van der Waals surface area contributed by atoms with Gasteiger partial charge in [-0.2, -0.15) is 0 Å². The molecule has 1 unspecified atom stereocenters. The molecule has 1 aromatic carbocycles. The lowest BCUT2D eigenvalue weighted by Gasteiger charge is -2.24. The molecule has 1 aromatic rings. The number of hydrogen-bond donors (Lipinski definition) is 1. The van der Waals surface area contributed by atoms with Crippen LogP contribution in [0.5, 0.6) is 5.75 Å². The SMILES string of the molecule is Cc1cc(C2SCC(=O)N2CCCCl)cc(C)c1O. The molecule has 1 fully saturated rings. The summed E-state index contributed by atoms with van der Waals surface area (Å²) < 4.78 is 0. The van der Waals surface area contributed by atoms with Gasteiger partial charge in [0.15, 0.2) is 0 Å². The molecule has 1 N–H and O–H groups in total. The maximum absolute atomic E-state index is 11.9. The number of halogens is 1. The Kier molecular flexibility index (Phi) is 4.63. The summed E-state index contributed by atoms with van der Waals surface area (Å²) in [6.45, 7) is 4.46. The third-order valence-corrected chi connectivity index (χ3v) is 4.82. The Morgan fingerprint density at radius 3 is 2.63 bits per heavy atom. The van der Waals surface area contributed by atoms with Gasteiger partial charge in [-0.3, -0.25) is 4.79 Å². The van der Waals surface area contributed by atoms with Crippen molar-refractivity contribution in [3.63, 3.8) is 0 Å². The lowest BCUT2D eigenvalue weighted by molar-refractivity contribution is -0.128. The van der Waals surface area contributed by atoms with Gasteiger partial charge in [-0.25, -0.2) is 0 Å². The Morgan fingerprint density at radius 1 is 1.42 bits per heavy atom. The van der Waals surface area contributed by atoms with Gasteiger partial charge in [-0.15, -0.1) is 23.4 Å². The highest BCUT2D eigenvalue weighted by Crippen LogP contribution is 2.40. The molecule has 0 saturated carbocycles. The van der Waals surface area contributed by atoms with Gasteiger partial charge in [0.2, 0.25) is 5.91 Å². The molecule has 1 aliphatic heterocycles. The lowest BCUT2D eigenvalue weighted by Crippen LogP contribution is -2.29. The largest absolute Gasteiger partial charge is 0.507 e. The normalized spacial score (nSPS) is 19.2. The van der Waals surface area contributed by atoms with Gasteiger partial charge in [-0.05, 0) is 49.1 Å². The topological polar surface area (TPSA) is 40.5 Å². The van der Waals surface area contributed by atoms with Crippen LogP contribution in [-0.2, 0) is 4.79 Å². The smallest absolute Gasteiger partial charge is 0.233 e. The number of benzene rings is 1. The van der Waals surface area contributed by atoms with Crippen LogP contribution in [0.3, 0.4) is 0 Å². The molecule has 1 heterocycles. The van der Waals surface area contributed by atoms with E-state index in [1.807, 2.05) is 30.9 Å². The maximum atomic E-state index is 11.9. The van der Waals surface area contributed by atoms with Gasteiger partial charge in [0.05, 0.1) is 5.75 Å². The summed E-state index contributed by atoms with van der Waals surface area (Å²) >= 11 is 7.35. The monoisotopic (exact) mass is 299 g/mol. The first-order chi connectivity index (χ1) is 9.04. The van der Waals surface area contributed by atoms with Crippen LogP contribution >= 0.6 is 23.4 Å². The minimum absolute atomic E-state index is 0.0497. The average molecular weight is 300 g/mol. The van der Waals surface area contributed by atoms with Crippen LogP contribution in [0.1, 0.15) is 28.5 Å². The van der Waals surface area contributed by atoms with E-state index in [9.17, 15) is 9.90 Å². The predicted octanol–water partition coefficient (Wildman–Crippen LogP) is 3.21. The van der Waals surface area contributed by atoms with Gasteiger partial charge in [0.1, 0.15) is 11.1 Å². The van der Waals surface area contributed by atoms with Gasteiger partial charge in [-0.1, -0.05) is 0 Å². The molecule has 104 valence electrons. The number of phenolic OH excluding ortho intramolecular Hbond substituents is 1. The molecule has 0 aliphatic carbocycles. The highest BCUT2D eigenvalue weighted by molar-refractivity contribution is 8.00. The molecule has 1 atom stereocenters. The number of amides is 1. The molecular formula is C14H18ClNO2S. The first-order valence-corrected chi connectivity index (χ1v) is 7.90.